The SMILES string of the molecule is CC(=O)O[C@@]12CC[C@@H]3[C@@H]4CC[C@H]([C@H](C)CCCC(C)C)[C@]4(C)CC[C@@H]3[C@@]1(C)CC[C@H](O)C2. The molecule has 3 heteroatoms. The van der Waals surface area contributed by atoms with Crippen molar-refractivity contribution in [2.75, 3.05) is 0 Å². The molecule has 0 bridgehead atoms. The molecule has 0 amide bonds. The maximum atomic E-state index is 12.1. The van der Waals surface area contributed by atoms with Gasteiger partial charge in [-0.1, -0.05) is 53.9 Å². The summed E-state index contributed by atoms with van der Waals surface area (Å²) >= 11 is 0. The van der Waals surface area contributed by atoms with E-state index in [1.807, 2.05) is 0 Å². The second kappa shape index (κ2) is 8.90. The van der Waals surface area contributed by atoms with Gasteiger partial charge in [0.25, 0.3) is 0 Å². The van der Waals surface area contributed by atoms with Crippen LogP contribution in [-0.2, 0) is 9.53 Å². The lowest BCUT2D eigenvalue weighted by atomic mass is 9.43. The third-order valence-electron chi connectivity index (χ3n) is 11.3. The van der Waals surface area contributed by atoms with E-state index in [0.717, 1.165) is 48.9 Å². The lowest BCUT2D eigenvalue weighted by molar-refractivity contribution is -0.237. The van der Waals surface area contributed by atoms with Gasteiger partial charge in [-0.2, -0.15) is 0 Å². The average molecular weight is 447 g/mol. The fourth-order valence-corrected chi connectivity index (χ4v) is 9.71. The summed E-state index contributed by atoms with van der Waals surface area (Å²) in [4.78, 5) is 12.1. The number of rotatable bonds is 6. The molecule has 0 aromatic carbocycles. The van der Waals surface area contributed by atoms with E-state index < -0.39 is 5.60 Å². The number of fused-ring (bicyclic) bond motifs is 5. The third kappa shape index (κ3) is 3.97. The van der Waals surface area contributed by atoms with Crippen LogP contribution in [0.15, 0.2) is 0 Å². The predicted octanol–water partition coefficient (Wildman–Crippen LogP) is 7.15. The van der Waals surface area contributed by atoms with Gasteiger partial charge in [-0.15, -0.1) is 0 Å². The Labute approximate surface area is 197 Å². The molecule has 4 saturated carbocycles. The van der Waals surface area contributed by atoms with Crippen molar-refractivity contribution in [1.29, 1.82) is 0 Å². The quantitative estimate of drug-likeness (QED) is 0.440. The predicted molar refractivity (Wildman–Crippen MR) is 130 cm³/mol. The van der Waals surface area contributed by atoms with Gasteiger partial charge in [-0.3, -0.25) is 4.79 Å². The molecule has 9 atom stereocenters. The fourth-order valence-electron chi connectivity index (χ4n) is 9.71. The molecule has 32 heavy (non-hydrogen) atoms. The Balaban J connectivity index is 1.53. The first-order valence-corrected chi connectivity index (χ1v) is 13.9. The lowest BCUT2D eigenvalue weighted by Crippen LogP contribution is -2.64. The number of aliphatic hydroxyl groups is 1. The summed E-state index contributed by atoms with van der Waals surface area (Å²) in [5, 5.41) is 10.5. The molecule has 4 aliphatic carbocycles. The Morgan fingerprint density at radius 3 is 2.41 bits per heavy atom. The largest absolute Gasteiger partial charge is 0.459 e. The van der Waals surface area contributed by atoms with Crippen LogP contribution in [0.2, 0.25) is 0 Å². The summed E-state index contributed by atoms with van der Waals surface area (Å²) in [6.45, 7) is 13.9. The average Bonchev–Trinajstić information content (AvgIpc) is 3.05. The van der Waals surface area contributed by atoms with Crippen molar-refractivity contribution in [3.8, 4) is 0 Å². The lowest BCUT2D eigenvalue weighted by Gasteiger charge is -2.64. The Morgan fingerprint density at radius 2 is 1.72 bits per heavy atom. The molecular formula is C29H50O3. The van der Waals surface area contributed by atoms with Crippen molar-refractivity contribution in [1.82, 2.24) is 0 Å². The molecule has 4 rings (SSSR count). The first-order valence-electron chi connectivity index (χ1n) is 13.9. The van der Waals surface area contributed by atoms with Crippen LogP contribution >= 0.6 is 0 Å². The fraction of sp³-hybridized carbons (Fsp3) is 0.966. The Hall–Kier alpha value is -0.570. The van der Waals surface area contributed by atoms with E-state index in [1.165, 1.54) is 51.4 Å². The number of carbonyl (C=O) groups excluding carboxylic acids is 1. The third-order valence-corrected chi connectivity index (χ3v) is 11.3. The highest BCUT2D eigenvalue weighted by Crippen LogP contribution is 2.69. The molecule has 1 N–H and O–H groups in total. The highest BCUT2D eigenvalue weighted by atomic mass is 16.6. The molecule has 0 aromatic rings. The van der Waals surface area contributed by atoms with Gasteiger partial charge in [0.15, 0.2) is 0 Å². The monoisotopic (exact) mass is 446 g/mol. The van der Waals surface area contributed by atoms with Crippen LogP contribution < -0.4 is 0 Å². The molecule has 0 heterocycles. The normalized spacial score (nSPS) is 46.8. The van der Waals surface area contributed by atoms with E-state index in [1.54, 1.807) is 6.92 Å². The Morgan fingerprint density at radius 1 is 0.969 bits per heavy atom. The minimum Gasteiger partial charge on any atom is -0.459 e. The van der Waals surface area contributed by atoms with Crippen molar-refractivity contribution in [3.05, 3.63) is 0 Å². The smallest absolute Gasteiger partial charge is 0.303 e. The van der Waals surface area contributed by atoms with Crippen LogP contribution in [0.4, 0.5) is 0 Å². The number of aliphatic hydroxyl groups excluding tert-OH is 1. The molecule has 0 spiro atoms. The molecule has 0 aromatic heterocycles. The van der Waals surface area contributed by atoms with E-state index in [9.17, 15) is 9.90 Å². The summed E-state index contributed by atoms with van der Waals surface area (Å²) in [7, 11) is 0. The maximum Gasteiger partial charge on any atom is 0.303 e. The molecule has 3 nitrogen and oxygen atoms in total. The number of carbonyl (C=O) groups is 1. The van der Waals surface area contributed by atoms with Crippen LogP contribution in [0, 0.1) is 46.3 Å². The van der Waals surface area contributed by atoms with Crippen LogP contribution in [0.3, 0.4) is 0 Å². The summed E-state index contributed by atoms with van der Waals surface area (Å²) in [6.07, 6.45) is 13.9. The van der Waals surface area contributed by atoms with E-state index in [4.69, 9.17) is 4.74 Å². The summed E-state index contributed by atoms with van der Waals surface area (Å²) in [5.74, 6) is 4.60. The first-order chi connectivity index (χ1) is 15.0. The van der Waals surface area contributed by atoms with Crippen molar-refractivity contribution in [2.24, 2.45) is 46.3 Å². The van der Waals surface area contributed by atoms with Crippen LogP contribution in [-0.4, -0.2) is 22.8 Å². The summed E-state index contributed by atoms with van der Waals surface area (Å²) in [5.41, 5.74) is 0.0566. The van der Waals surface area contributed by atoms with Gasteiger partial charge in [-0.05, 0) is 92.3 Å². The van der Waals surface area contributed by atoms with Crippen molar-refractivity contribution >= 4 is 5.97 Å². The highest BCUT2D eigenvalue weighted by Gasteiger charge is 2.66. The van der Waals surface area contributed by atoms with Gasteiger partial charge in [0.2, 0.25) is 0 Å². The topological polar surface area (TPSA) is 46.5 Å². The molecule has 4 aliphatic rings. The van der Waals surface area contributed by atoms with Gasteiger partial charge < -0.3 is 9.84 Å². The van der Waals surface area contributed by atoms with E-state index in [2.05, 4.69) is 34.6 Å². The molecule has 4 fully saturated rings. The zero-order valence-corrected chi connectivity index (χ0v) is 21.8. The number of hydrogen-bond acceptors (Lipinski definition) is 3. The first kappa shape index (κ1) is 24.6. The van der Waals surface area contributed by atoms with Gasteiger partial charge in [0, 0.05) is 18.8 Å². The Kier molecular flexibility index (Phi) is 6.83. The Bertz CT molecular complexity index is 688. The second-order valence-electron chi connectivity index (χ2n) is 13.3. The van der Waals surface area contributed by atoms with Crippen LogP contribution in [0.1, 0.15) is 119 Å². The standard InChI is InChI=1S/C29H50O3/c1-19(2)8-7-9-20(3)24-10-11-25-23-13-17-29(32-21(4)30)18-22(31)12-16-28(29,6)26(23)14-15-27(24,25)5/h19-20,22-26,31H,7-18H2,1-6H3/t20-,22+,23-,24-,25+,26+,27+,28-,29-/m1/s1. The molecule has 0 aliphatic heterocycles. The maximum absolute atomic E-state index is 12.1. The number of ether oxygens (including phenoxy) is 1. The van der Waals surface area contributed by atoms with Crippen molar-refractivity contribution in [2.45, 2.75) is 130 Å². The minimum atomic E-state index is -0.451. The number of esters is 1. The second-order valence-corrected chi connectivity index (χ2v) is 13.3. The van der Waals surface area contributed by atoms with Crippen LogP contribution in [0.25, 0.3) is 0 Å². The zero-order chi connectivity index (χ0) is 23.3. The van der Waals surface area contributed by atoms with Gasteiger partial charge in [0.1, 0.15) is 5.60 Å². The highest BCUT2D eigenvalue weighted by molar-refractivity contribution is 5.66. The zero-order valence-electron chi connectivity index (χ0n) is 21.8. The molecule has 0 radical (unpaired) electrons. The van der Waals surface area contributed by atoms with E-state index >= 15 is 0 Å². The summed E-state index contributed by atoms with van der Waals surface area (Å²) in [6, 6.07) is 0. The van der Waals surface area contributed by atoms with E-state index in [0.29, 0.717) is 17.8 Å². The molecule has 184 valence electrons. The van der Waals surface area contributed by atoms with Gasteiger partial charge >= 0.3 is 5.97 Å². The molecule has 0 saturated heterocycles. The molecule has 0 unspecified atom stereocenters. The van der Waals surface area contributed by atoms with Gasteiger partial charge in [-0.25, -0.2) is 0 Å². The van der Waals surface area contributed by atoms with Crippen LogP contribution in [0.5, 0.6) is 0 Å². The summed E-state index contributed by atoms with van der Waals surface area (Å²) < 4.78 is 6.17. The minimum absolute atomic E-state index is 0.0170. The van der Waals surface area contributed by atoms with Crippen molar-refractivity contribution in [3.63, 3.8) is 0 Å². The number of hydrogen-bond donors (Lipinski definition) is 1. The van der Waals surface area contributed by atoms with Crippen molar-refractivity contribution < 1.29 is 14.6 Å². The van der Waals surface area contributed by atoms with E-state index in [-0.39, 0.29) is 17.5 Å². The molecular weight excluding hydrogens is 396 g/mol. The van der Waals surface area contributed by atoms with Gasteiger partial charge in [0.05, 0.1) is 6.10 Å².